The molecule has 1 unspecified atom stereocenters. The smallest absolute Gasteiger partial charge is 0.112 e. The van der Waals surface area contributed by atoms with Crippen molar-refractivity contribution >= 4 is 0 Å². The summed E-state index contributed by atoms with van der Waals surface area (Å²) in [7, 11) is 0. The lowest BCUT2D eigenvalue weighted by molar-refractivity contribution is -0.0350. The molecule has 1 aromatic carbocycles. The topological polar surface area (TPSA) is 25.4 Å². The molecular formula is C17H20N2O. The highest BCUT2D eigenvalue weighted by molar-refractivity contribution is 5.16. The van der Waals surface area contributed by atoms with Crippen LogP contribution in [0.3, 0.4) is 0 Å². The average Bonchev–Trinajstić information content (AvgIpc) is 2.50. The van der Waals surface area contributed by atoms with Crippen LogP contribution in [0.5, 0.6) is 0 Å². The summed E-state index contributed by atoms with van der Waals surface area (Å²) in [6.07, 6.45) is -0.188. The van der Waals surface area contributed by atoms with Gasteiger partial charge in [-0.1, -0.05) is 36.4 Å². The Hall–Kier alpha value is -1.71. The predicted octanol–water partition coefficient (Wildman–Crippen LogP) is 2.96. The molecule has 1 aliphatic rings. The Morgan fingerprint density at radius 2 is 2.10 bits per heavy atom. The summed E-state index contributed by atoms with van der Waals surface area (Å²) >= 11 is 0. The highest BCUT2D eigenvalue weighted by atomic mass is 16.5. The summed E-state index contributed by atoms with van der Waals surface area (Å²) in [5.74, 6) is 0. The molecule has 3 heteroatoms. The Kier molecular flexibility index (Phi) is 3.39. The molecule has 0 bridgehead atoms. The van der Waals surface area contributed by atoms with E-state index in [4.69, 9.17) is 7.48 Å². The van der Waals surface area contributed by atoms with Crippen molar-refractivity contribution in [3.05, 3.63) is 65.5 Å². The number of hydrogen-bond donors (Lipinski definition) is 0. The van der Waals surface area contributed by atoms with Gasteiger partial charge >= 0.3 is 0 Å². The summed E-state index contributed by atoms with van der Waals surface area (Å²) in [6, 6.07) is 15.8. The minimum atomic E-state index is -1.46. The summed E-state index contributed by atoms with van der Waals surface area (Å²) in [4.78, 5) is 6.35. The summed E-state index contributed by atoms with van der Waals surface area (Å²) in [6.45, 7) is 1.61. The van der Waals surface area contributed by atoms with Crippen molar-refractivity contribution in [2.75, 3.05) is 19.6 Å². The molecule has 1 fully saturated rings. The molecule has 1 atom stereocenters. The molecule has 104 valence electrons. The van der Waals surface area contributed by atoms with Gasteiger partial charge in [0, 0.05) is 28.0 Å². The van der Waals surface area contributed by atoms with Crippen LogP contribution in [0.4, 0.5) is 0 Å². The minimum absolute atomic E-state index is 0.0557. The fourth-order valence-corrected chi connectivity index (χ4v) is 2.39. The standard InChI is InChI=1S/C17H20N2O/c1-14-6-5-9-16(18-14)17-13-19(10-11-20-17)12-15-7-3-2-4-8-15/h2-9,17H,10-13H2,1H3/i10D2. The van der Waals surface area contributed by atoms with Crippen LogP contribution < -0.4 is 0 Å². The van der Waals surface area contributed by atoms with E-state index < -0.39 is 6.50 Å². The van der Waals surface area contributed by atoms with Crippen LogP contribution in [0, 0.1) is 6.92 Å². The van der Waals surface area contributed by atoms with Crippen LogP contribution in [0.25, 0.3) is 0 Å². The number of pyridine rings is 1. The zero-order chi connectivity index (χ0) is 15.6. The number of hydrogen-bond acceptors (Lipinski definition) is 3. The van der Waals surface area contributed by atoms with E-state index in [1.54, 1.807) is 0 Å². The zero-order valence-corrected chi connectivity index (χ0v) is 11.6. The molecule has 0 amide bonds. The monoisotopic (exact) mass is 270 g/mol. The Morgan fingerprint density at radius 1 is 1.25 bits per heavy atom. The summed E-state index contributed by atoms with van der Waals surface area (Å²) in [5, 5.41) is 0. The molecule has 20 heavy (non-hydrogen) atoms. The van der Waals surface area contributed by atoms with Gasteiger partial charge in [0.2, 0.25) is 0 Å². The molecule has 3 nitrogen and oxygen atoms in total. The lowest BCUT2D eigenvalue weighted by Crippen LogP contribution is -2.38. The van der Waals surface area contributed by atoms with Gasteiger partial charge in [-0.2, -0.15) is 0 Å². The number of aromatic nitrogens is 1. The van der Waals surface area contributed by atoms with E-state index in [-0.39, 0.29) is 12.7 Å². The van der Waals surface area contributed by atoms with Crippen LogP contribution in [-0.2, 0) is 11.3 Å². The Morgan fingerprint density at radius 3 is 2.90 bits per heavy atom. The van der Waals surface area contributed by atoms with Crippen molar-refractivity contribution < 1.29 is 7.48 Å². The van der Waals surface area contributed by atoms with Gasteiger partial charge in [-0.25, -0.2) is 0 Å². The van der Waals surface area contributed by atoms with E-state index in [0.717, 1.165) is 17.0 Å². The van der Waals surface area contributed by atoms with Crippen LogP contribution in [-0.4, -0.2) is 29.5 Å². The first kappa shape index (κ1) is 11.0. The molecule has 2 heterocycles. The van der Waals surface area contributed by atoms with Crippen molar-refractivity contribution in [1.82, 2.24) is 9.88 Å². The zero-order valence-electron chi connectivity index (χ0n) is 13.6. The maximum Gasteiger partial charge on any atom is 0.112 e. The van der Waals surface area contributed by atoms with Gasteiger partial charge in [0.25, 0.3) is 0 Å². The van der Waals surface area contributed by atoms with E-state index in [9.17, 15) is 0 Å². The third-order valence-corrected chi connectivity index (χ3v) is 3.41. The first-order chi connectivity index (χ1) is 10.5. The van der Waals surface area contributed by atoms with E-state index >= 15 is 0 Å². The molecule has 0 saturated carbocycles. The second-order valence-electron chi connectivity index (χ2n) is 5.03. The molecule has 0 radical (unpaired) electrons. The first-order valence-corrected chi connectivity index (χ1v) is 6.89. The quantitative estimate of drug-likeness (QED) is 0.857. The second-order valence-corrected chi connectivity index (χ2v) is 5.03. The molecule has 1 aliphatic heterocycles. The number of nitrogens with zero attached hydrogens (tertiary/aromatic N) is 2. The highest BCUT2D eigenvalue weighted by Crippen LogP contribution is 2.21. The molecule has 0 N–H and O–H groups in total. The molecule has 3 rings (SSSR count). The molecule has 0 spiro atoms. The molecule has 0 aliphatic carbocycles. The normalized spacial score (nSPS) is 23.9. The van der Waals surface area contributed by atoms with Gasteiger partial charge in [0.15, 0.2) is 0 Å². The molecule has 1 saturated heterocycles. The largest absolute Gasteiger partial charge is 0.369 e. The lowest BCUT2D eigenvalue weighted by Gasteiger charge is -2.32. The lowest BCUT2D eigenvalue weighted by atomic mass is 10.1. The molecular weight excluding hydrogens is 248 g/mol. The van der Waals surface area contributed by atoms with E-state index in [0.29, 0.717) is 13.1 Å². The van der Waals surface area contributed by atoms with Gasteiger partial charge in [0.1, 0.15) is 6.10 Å². The van der Waals surface area contributed by atoms with Gasteiger partial charge in [-0.3, -0.25) is 9.88 Å². The maximum absolute atomic E-state index is 8.17. The van der Waals surface area contributed by atoms with Crippen LogP contribution >= 0.6 is 0 Å². The Labute approximate surface area is 123 Å². The van der Waals surface area contributed by atoms with Crippen molar-refractivity contribution in [1.29, 1.82) is 0 Å². The third-order valence-electron chi connectivity index (χ3n) is 3.41. The first-order valence-electron chi connectivity index (χ1n) is 7.89. The predicted molar refractivity (Wildman–Crippen MR) is 79.4 cm³/mol. The summed E-state index contributed by atoms with van der Waals surface area (Å²) < 4.78 is 22.1. The number of aryl methyl sites for hydroxylation is 1. The van der Waals surface area contributed by atoms with E-state index in [1.807, 2.05) is 60.4 Å². The Balaban J connectivity index is 1.78. The number of morpholine rings is 1. The maximum atomic E-state index is 8.17. The minimum Gasteiger partial charge on any atom is -0.369 e. The van der Waals surface area contributed by atoms with Crippen LogP contribution in [0.2, 0.25) is 0 Å². The van der Waals surface area contributed by atoms with Gasteiger partial charge < -0.3 is 4.74 Å². The van der Waals surface area contributed by atoms with E-state index in [2.05, 4.69) is 4.98 Å². The SMILES string of the molecule is [2H]C1([2H])COC(c2cccc(C)n2)CN1Cc1ccccc1. The Bertz CT molecular complexity index is 634. The van der Waals surface area contributed by atoms with Crippen LogP contribution in [0.15, 0.2) is 48.5 Å². The highest BCUT2D eigenvalue weighted by Gasteiger charge is 2.22. The number of benzene rings is 1. The third kappa shape index (κ3) is 3.24. The van der Waals surface area contributed by atoms with Gasteiger partial charge in [-0.05, 0) is 24.6 Å². The van der Waals surface area contributed by atoms with Crippen molar-refractivity contribution in [3.63, 3.8) is 0 Å². The van der Waals surface area contributed by atoms with Gasteiger partial charge in [-0.15, -0.1) is 0 Å². The molecule has 1 aromatic heterocycles. The fourth-order valence-electron chi connectivity index (χ4n) is 2.39. The second kappa shape index (κ2) is 6.16. The van der Waals surface area contributed by atoms with Crippen molar-refractivity contribution in [2.24, 2.45) is 0 Å². The number of rotatable bonds is 3. The van der Waals surface area contributed by atoms with E-state index in [1.165, 1.54) is 0 Å². The summed E-state index contributed by atoms with van der Waals surface area (Å²) in [5.41, 5.74) is 2.92. The average molecular weight is 270 g/mol. The van der Waals surface area contributed by atoms with Crippen molar-refractivity contribution in [2.45, 2.75) is 19.6 Å². The van der Waals surface area contributed by atoms with Crippen LogP contribution in [0.1, 0.15) is 25.8 Å². The number of ether oxygens (including phenoxy) is 1. The van der Waals surface area contributed by atoms with Gasteiger partial charge in [0.05, 0.1) is 12.3 Å². The fraction of sp³-hybridized carbons (Fsp3) is 0.353. The van der Waals surface area contributed by atoms with Crippen molar-refractivity contribution in [3.8, 4) is 0 Å². The molecule has 2 aromatic rings.